The number of allylic oxidation sites excluding steroid dienone is 6. The van der Waals surface area contributed by atoms with Gasteiger partial charge >= 0.3 is 5.97 Å². The number of carbonyl (C=O) groups is 2. The fourth-order valence-corrected chi connectivity index (χ4v) is 4.43. The Hall–Kier alpha value is -1.98. The lowest BCUT2D eigenvalue weighted by Gasteiger charge is -2.48. The molecule has 5 nitrogen and oxygen atoms in total. The van der Waals surface area contributed by atoms with Crippen molar-refractivity contribution in [3.8, 4) is 0 Å². The highest BCUT2D eigenvalue weighted by Crippen LogP contribution is 2.52. The van der Waals surface area contributed by atoms with Gasteiger partial charge in [-0.05, 0) is 70.4 Å². The van der Waals surface area contributed by atoms with Gasteiger partial charge in [-0.15, -0.1) is 0 Å². The minimum Gasteiger partial charge on any atom is -0.462 e. The molecule has 6 atom stereocenters. The van der Waals surface area contributed by atoms with Crippen LogP contribution in [0.5, 0.6) is 0 Å². The van der Waals surface area contributed by atoms with Crippen LogP contribution < -0.4 is 0 Å². The van der Waals surface area contributed by atoms with Gasteiger partial charge in [-0.2, -0.15) is 0 Å². The zero-order valence-electron chi connectivity index (χ0n) is 19.7. The maximum atomic E-state index is 12.7. The van der Waals surface area contributed by atoms with Crippen LogP contribution in [-0.2, 0) is 14.3 Å². The zero-order valence-corrected chi connectivity index (χ0v) is 19.7. The Morgan fingerprint density at radius 3 is 2.58 bits per heavy atom. The van der Waals surface area contributed by atoms with Gasteiger partial charge in [0.25, 0.3) is 0 Å². The third kappa shape index (κ3) is 6.05. The van der Waals surface area contributed by atoms with E-state index in [0.717, 1.165) is 23.1 Å². The van der Waals surface area contributed by atoms with Gasteiger partial charge in [0.2, 0.25) is 0 Å². The molecule has 2 aliphatic carbocycles. The molecule has 0 aromatic heterocycles. The van der Waals surface area contributed by atoms with Crippen LogP contribution >= 0.6 is 0 Å². The molecule has 0 saturated heterocycles. The van der Waals surface area contributed by atoms with Gasteiger partial charge in [-0.25, -0.2) is 0 Å². The summed E-state index contributed by atoms with van der Waals surface area (Å²) in [5.41, 5.74) is 2.85. The molecular weight excluding hydrogens is 392 g/mol. The van der Waals surface area contributed by atoms with E-state index < -0.39 is 24.1 Å². The van der Waals surface area contributed by atoms with Gasteiger partial charge < -0.3 is 14.9 Å². The van der Waals surface area contributed by atoms with E-state index in [4.69, 9.17) is 4.74 Å². The predicted molar refractivity (Wildman–Crippen MR) is 122 cm³/mol. The lowest BCUT2D eigenvalue weighted by molar-refractivity contribution is -0.162. The molecule has 2 N–H and O–H groups in total. The average molecular weight is 431 g/mol. The van der Waals surface area contributed by atoms with E-state index in [-0.39, 0.29) is 23.2 Å². The third-order valence-corrected chi connectivity index (χ3v) is 6.93. The number of ketones is 1. The lowest BCUT2D eigenvalue weighted by atomic mass is 9.58. The summed E-state index contributed by atoms with van der Waals surface area (Å²) in [7, 11) is 0. The predicted octanol–water partition coefficient (Wildman–Crippen LogP) is 4.45. The Balaban J connectivity index is 2.03. The molecule has 0 unspecified atom stereocenters. The molecule has 0 aromatic carbocycles. The van der Waals surface area contributed by atoms with Crippen molar-refractivity contribution < 1.29 is 24.5 Å². The van der Waals surface area contributed by atoms with Crippen molar-refractivity contribution in [2.24, 2.45) is 17.3 Å². The number of aliphatic hydroxyl groups excluding tert-OH is 2. The van der Waals surface area contributed by atoms with Crippen LogP contribution in [0.15, 0.2) is 47.1 Å². The fraction of sp³-hybridized carbons (Fsp3) is 0.615. The van der Waals surface area contributed by atoms with Gasteiger partial charge in [-0.3, -0.25) is 9.59 Å². The van der Waals surface area contributed by atoms with Crippen molar-refractivity contribution >= 4 is 11.8 Å². The van der Waals surface area contributed by atoms with Gasteiger partial charge in [0, 0.05) is 5.92 Å². The number of carbonyl (C=O) groups excluding carboxylic acids is 2. The third-order valence-electron chi connectivity index (χ3n) is 6.93. The van der Waals surface area contributed by atoms with Crippen LogP contribution in [0.3, 0.4) is 0 Å². The summed E-state index contributed by atoms with van der Waals surface area (Å²) in [6.07, 6.45) is 9.63. The number of fused-ring (bicyclic) bond motifs is 1. The highest BCUT2D eigenvalue weighted by atomic mass is 16.5. The zero-order chi connectivity index (χ0) is 23.3. The number of ether oxygens (including phenoxy) is 1. The first-order valence-corrected chi connectivity index (χ1v) is 11.3. The molecule has 31 heavy (non-hydrogen) atoms. The van der Waals surface area contributed by atoms with E-state index in [1.807, 2.05) is 19.9 Å². The van der Waals surface area contributed by atoms with Crippen molar-refractivity contribution in [2.75, 3.05) is 0 Å². The Morgan fingerprint density at radius 2 is 1.97 bits per heavy atom. The number of hydrogen-bond donors (Lipinski definition) is 2. The highest BCUT2D eigenvalue weighted by molar-refractivity contribution is 6.06. The van der Waals surface area contributed by atoms with Gasteiger partial charge in [0.15, 0.2) is 5.78 Å². The van der Waals surface area contributed by atoms with E-state index in [9.17, 15) is 19.8 Å². The second-order valence-corrected chi connectivity index (χ2v) is 9.59. The molecule has 2 aliphatic rings. The van der Waals surface area contributed by atoms with Crippen LogP contribution in [0, 0.1) is 17.3 Å². The van der Waals surface area contributed by atoms with Crippen molar-refractivity contribution in [1.29, 1.82) is 0 Å². The molecule has 0 spiro atoms. The highest BCUT2D eigenvalue weighted by Gasteiger charge is 2.47. The standard InChI is InChI=1S/C26H38O5/c1-16(2)21-15-26(6)19(5)24(13-12-20(26)14-23(21)29)31-25(30)18(4)22(28)11-9-7-8-10-17(3)27/h7-9,11,14,17-19,22,24,27-28H,10,12-13,15H2,1-6H3/b8-7+,11-9?/t17-,18+,19+,22-,24-,26-/m1/s1. The first-order chi connectivity index (χ1) is 14.5. The van der Waals surface area contributed by atoms with Crippen molar-refractivity contribution in [1.82, 2.24) is 0 Å². The van der Waals surface area contributed by atoms with Crippen LogP contribution in [0.25, 0.3) is 0 Å². The van der Waals surface area contributed by atoms with Crippen molar-refractivity contribution in [3.63, 3.8) is 0 Å². The molecule has 0 heterocycles. The smallest absolute Gasteiger partial charge is 0.311 e. The fourth-order valence-electron chi connectivity index (χ4n) is 4.43. The molecule has 0 bridgehead atoms. The molecule has 0 aliphatic heterocycles. The van der Waals surface area contributed by atoms with Crippen LogP contribution in [0.1, 0.15) is 67.2 Å². The summed E-state index contributed by atoms with van der Waals surface area (Å²) in [5, 5.41) is 19.6. The minimum absolute atomic E-state index is 0.0715. The minimum atomic E-state index is -0.946. The van der Waals surface area contributed by atoms with Gasteiger partial charge in [-0.1, -0.05) is 49.3 Å². The van der Waals surface area contributed by atoms with Gasteiger partial charge in [0.1, 0.15) is 6.10 Å². The summed E-state index contributed by atoms with van der Waals surface area (Å²) in [5.74, 6) is -0.907. The second-order valence-electron chi connectivity index (χ2n) is 9.59. The molecule has 0 amide bonds. The Kier molecular flexibility index (Phi) is 8.61. The normalized spacial score (nSPS) is 29.5. The van der Waals surface area contributed by atoms with E-state index in [1.54, 1.807) is 38.2 Å². The molecule has 2 rings (SSSR count). The lowest BCUT2D eigenvalue weighted by Crippen LogP contribution is -2.45. The first kappa shape index (κ1) is 25.3. The van der Waals surface area contributed by atoms with E-state index in [1.165, 1.54) is 0 Å². The van der Waals surface area contributed by atoms with Crippen molar-refractivity contribution in [2.45, 2.75) is 85.5 Å². The second kappa shape index (κ2) is 10.6. The molecule has 0 radical (unpaired) electrons. The van der Waals surface area contributed by atoms with Crippen LogP contribution in [-0.4, -0.2) is 40.3 Å². The van der Waals surface area contributed by atoms with E-state index >= 15 is 0 Å². The van der Waals surface area contributed by atoms with Crippen LogP contribution in [0.2, 0.25) is 0 Å². The first-order valence-electron chi connectivity index (χ1n) is 11.3. The molecule has 0 aromatic rings. The molecule has 172 valence electrons. The van der Waals surface area contributed by atoms with E-state index in [2.05, 4.69) is 13.8 Å². The molecular formula is C26H38O5. The summed E-state index contributed by atoms with van der Waals surface area (Å²) < 4.78 is 5.87. The number of hydrogen-bond acceptors (Lipinski definition) is 5. The Labute approximate surface area is 186 Å². The summed E-state index contributed by atoms with van der Waals surface area (Å²) in [4.78, 5) is 25.2. The summed E-state index contributed by atoms with van der Waals surface area (Å²) >= 11 is 0. The molecule has 1 fully saturated rings. The largest absolute Gasteiger partial charge is 0.462 e. The monoisotopic (exact) mass is 430 g/mol. The average Bonchev–Trinajstić information content (AvgIpc) is 2.70. The van der Waals surface area contributed by atoms with Crippen LogP contribution in [0.4, 0.5) is 0 Å². The maximum Gasteiger partial charge on any atom is 0.311 e. The quantitative estimate of drug-likeness (QED) is 0.354. The SMILES string of the molecule is CC(C)=C1C[C@@]2(C)C(=CC1=O)CC[C@@H](OC(=O)[C@@H](C)[C@H](O)C=C/C=C/C[C@@H](C)O)[C@@H]2C. The Bertz CT molecular complexity index is 797. The number of esters is 1. The Morgan fingerprint density at radius 1 is 1.29 bits per heavy atom. The summed E-state index contributed by atoms with van der Waals surface area (Å²) in [6, 6.07) is 0. The number of rotatable bonds is 7. The van der Waals surface area contributed by atoms with E-state index in [0.29, 0.717) is 19.3 Å². The maximum absolute atomic E-state index is 12.7. The molecule has 1 saturated carbocycles. The number of aliphatic hydroxyl groups is 2. The summed E-state index contributed by atoms with van der Waals surface area (Å²) in [6.45, 7) is 11.6. The van der Waals surface area contributed by atoms with Gasteiger partial charge in [0.05, 0.1) is 18.1 Å². The topological polar surface area (TPSA) is 83.8 Å². The van der Waals surface area contributed by atoms with Crippen molar-refractivity contribution in [3.05, 3.63) is 47.1 Å². The molecule has 5 heteroatoms.